The number of thiophene rings is 1. The number of hydrogen-bond acceptors (Lipinski definition) is 4. The molecule has 3 N–H and O–H groups in total. The van der Waals surface area contributed by atoms with Gasteiger partial charge in [-0.15, -0.1) is 11.3 Å². The van der Waals surface area contributed by atoms with Crippen molar-refractivity contribution in [2.45, 2.75) is 33.1 Å². The molecule has 0 spiro atoms. The maximum absolute atomic E-state index is 13.5. The summed E-state index contributed by atoms with van der Waals surface area (Å²) in [5, 5.41) is 4.33. The molecule has 6 heteroatoms. The van der Waals surface area contributed by atoms with Gasteiger partial charge in [-0.25, -0.2) is 4.98 Å². The molecule has 0 aliphatic heterocycles. The average Bonchev–Trinajstić information content (AvgIpc) is 3.15. The van der Waals surface area contributed by atoms with E-state index in [1.165, 1.54) is 11.3 Å². The number of hydrogen-bond donors (Lipinski definition) is 2. The number of nitrogens with one attached hydrogen (secondary N) is 1. The van der Waals surface area contributed by atoms with Crippen molar-refractivity contribution < 1.29 is 9.59 Å². The first-order valence-electron chi connectivity index (χ1n) is 11.1. The summed E-state index contributed by atoms with van der Waals surface area (Å²) >= 11 is 1.48. The summed E-state index contributed by atoms with van der Waals surface area (Å²) in [6.07, 6.45) is 2.74. The minimum absolute atomic E-state index is 0.267. The van der Waals surface area contributed by atoms with Gasteiger partial charge in [0.2, 0.25) is 0 Å². The molecule has 33 heavy (non-hydrogen) atoms. The van der Waals surface area contributed by atoms with Gasteiger partial charge in [-0.05, 0) is 55.9 Å². The van der Waals surface area contributed by atoms with Crippen LogP contribution in [-0.4, -0.2) is 16.8 Å². The molecule has 0 radical (unpaired) electrons. The van der Waals surface area contributed by atoms with Crippen LogP contribution in [0.5, 0.6) is 0 Å². The van der Waals surface area contributed by atoms with Gasteiger partial charge in [0.15, 0.2) is 0 Å². The number of pyridine rings is 1. The lowest BCUT2D eigenvalue weighted by atomic mass is 9.88. The van der Waals surface area contributed by atoms with Crippen LogP contribution in [0, 0.1) is 12.8 Å². The zero-order valence-electron chi connectivity index (χ0n) is 18.6. The number of anilines is 1. The van der Waals surface area contributed by atoms with Crippen molar-refractivity contribution in [3.63, 3.8) is 0 Å². The molecule has 1 aliphatic carbocycles. The molecule has 2 aromatic carbocycles. The van der Waals surface area contributed by atoms with Gasteiger partial charge in [-0.1, -0.05) is 48.9 Å². The van der Waals surface area contributed by atoms with E-state index in [-0.39, 0.29) is 5.91 Å². The van der Waals surface area contributed by atoms with E-state index in [2.05, 4.69) is 18.3 Å². The number of aryl methyl sites for hydroxylation is 1. The molecule has 0 bridgehead atoms. The molecule has 1 atom stereocenters. The number of amides is 2. The standard InChI is InChI=1S/C27H25N3O2S/c1-15-6-5-7-17(12-15)22-14-20(18-8-3-4-9-21(18)29-22)26(32)30-27-24(25(28)31)19-11-10-16(2)13-23(19)33-27/h3-9,12,14,16H,10-11,13H2,1-2H3,(H2,28,31)(H,30,32). The van der Waals surface area contributed by atoms with Crippen LogP contribution in [0.25, 0.3) is 22.2 Å². The highest BCUT2D eigenvalue weighted by Crippen LogP contribution is 2.40. The molecule has 0 fully saturated rings. The number of benzene rings is 2. The highest BCUT2D eigenvalue weighted by atomic mass is 32.1. The van der Waals surface area contributed by atoms with E-state index < -0.39 is 5.91 Å². The van der Waals surface area contributed by atoms with Gasteiger partial charge in [-0.2, -0.15) is 0 Å². The maximum Gasteiger partial charge on any atom is 0.257 e. The Morgan fingerprint density at radius 2 is 1.94 bits per heavy atom. The first kappa shape index (κ1) is 21.3. The summed E-state index contributed by atoms with van der Waals surface area (Å²) in [4.78, 5) is 31.8. The number of aromatic nitrogens is 1. The molecule has 0 saturated heterocycles. The molecular weight excluding hydrogens is 430 g/mol. The van der Waals surface area contributed by atoms with Gasteiger partial charge in [-0.3, -0.25) is 9.59 Å². The van der Waals surface area contributed by atoms with E-state index >= 15 is 0 Å². The molecule has 2 amide bonds. The smallest absolute Gasteiger partial charge is 0.257 e. The Kier molecular flexibility index (Phi) is 5.46. The summed E-state index contributed by atoms with van der Waals surface area (Å²) < 4.78 is 0. The number of para-hydroxylation sites is 1. The predicted molar refractivity (Wildman–Crippen MR) is 134 cm³/mol. The third-order valence-corrected chi connectivity index (χ3v) is 7.43. The van der Waals surface area contributed by atoms with Crippen molar-refractivity contribution in [1.82, 2.24) is 4.98 Å². The second kappa shape index (κ2) is 8.45. The Morgan fingerprint density at radius 1 is 1.12 bits per heavy atom. The summed E-state index contributed by atoms with van der Waals surface area (Å²) in [6, 6.07) is 17.5. The Labute approximate surface area is 196 Å². The molecule has 0 saturated carbocycles. The van der Waals surface area contributed by atoms with Crippen molar-refractivity contribution in [1.29, 1.82) is 0 Å². The largest absolute Gasteiger partial charge is 0.365 e. The molecule has 4 aromatic rings. The van der Waals surface area contributed by atoms with Crippen LogP contribution in [0.2, 0.25) is 0 Å². The zero-order valence-corrected chi connectivity index (χ0v) is 19.5. The van der Waals surface area contributed by atoms with Crippen molar-refractivity contribution in [3.8, 4) is 11.3 Å². The molecule has 1 aliphatic rings. The summed E-state index contributed by atoms with van der Waals surface area (Å²) in [5.41, 5.74) is 11.3. The second-order valence-corrected chi connectivity index (χ2v) is 9.92. The third-order valence-electron chi connectivity index (χ3n) is 6.26. The van der Waals surface area contributed by atoms with Crippen LogP contribution in [0.15, 0.2) is 54.6 Å². The highest BCUT2D eigenvalue weighted by Gasteiger charge is 2.27. The Bertz CT molecular complexity index is 1410. The molecular formula is C27H25N3O2S. The fourth-order valence-electron chi connectivity index (χ4n) is 4.59. The van der Waals surface area contributed by atoms with Gasteiger partial charge in [0.1, 0.15) is 5.00 Å². The minimum Gasteiger partial charge on any atom is -0.365 e. The molecule has 5 nitrogen and oxygen atoms in total. The van der Waals surface area contributed by atoms with Crippen LogP contribution in [-0.2, 0) is 12.8 Å². The lowest BCUT2D eigenvalue weighted by Crippen LogP contribution is -2.19. The van der Waals surface area contributed by atoms with Crippen LogP contribution in [0.1, 0.15) is 50.1 Å². The monoisotopic (exact) mass is 455 g/mol. The van der Waals surface area contributed by atoms with Crippen molar-refractivity contribution >= 4 is 39.1 Å². The second-order valence-electron chi connectivity index (χ2n) is 8.82. The predicted octanol–water partition coefficient (Wildman–Crippen LogP) is 5.75. The average molecular weight is 456 g/mol. The highest BCUT2D eigenvalue weighted by molar-refractivity contribution is 7.17. The molecule has 166 valence electrons. The quantitative estimate of drug-likeness (QED) is 0.411. The number of rotatable bonds is 4. The Morgan fingerprint density at radius 3 is 2.73 bits per heavy atom. The van der Waals surface area contributed by atoms with E-state index in [9.17, 15) is 9.59 Å². The fraction of sp³-hybridized carbons (Fsp3) is 0.222. The number of nitrogens with two attached hydrogens (primary N) is 1. The summed E-state index contributed by atoms with van der Waals surface area (Å²) in [6.45, 7) is 4.24. The molecule has 1 unspecified atom stereocenters. The molecule has 5 rings (SSSR count). The number of fused-ring (bicyclic) bond motifs is 2. The normalized spacial score (nSPS) is 15.3. The maximum atomic E-state index is 13.5. The van der Waals surface area contributed by atoms with Crippen LogP contribution < -0.4 is 11.1 Å². The lowest BCUT2D eigenvalue weighted by Gasteiger charge is -2.18. The van der Waals surface area contributed by atoms with E-state index in [0.717, 1.165) is 57.4 Å². The van der Waals surface area contributed by atoms with Crippen LogP contribution in [0.4, 0.5) is 5.00 Å². The van der Waals surface area contributed by atoms with Gasteiger partial charge in [0.25, 0.3) is 11.8 Å². The van der Waals surface area contributed by atoms with E-state index in [4.69, 9.17) is 10.7 Å². The van der Waals surface area contributed by atoms with Crippen LogP contribution >= 0.6 is 11.3 Å². The number of carbonyl (C=O) groups is 2. The van der Waals surface area contributed by atoms with Gasteiger partial charge < -0.3 is 11.1 Å². The van der Waals surface area contributed by atoms with Crippen molar-refractivity contribution in [3.05, 3.63) is 81.7 Å². The number of primary amides is 1. The lowest BCUT2D eigenvalue weighted by molar-refractivity contribution is 0.1000. The zero-order chi connectivity index (χ0) is 23.1. The summed E-state index contributed by atoms with van der Waals surface area (Å²) in [5.74, 6) is -0.199. The number of nitrogens with zero attached hydrogens (tertiary/aromatic N) is 1. The summed E-state index contributed by atoms with van der Waals surface area (Å²) in [7, 11) is 0. The third kappa shape index (κ3) is 4.02. The Hall–Kier alpha value is -3.51. The van der Waals surface area contributed by atoms with Crippen LogP contribution in [0.3, 0.4) is 0 Å². The van der Waals surface area contributed by atoms with E-state index in [1.54, 1.807) is 0 Å². The Balaban J connectivity index is 1.59. The van der Waals surface area contributed by atoms with Gasteiger partial charge >= 0.3 is 0 Å². The van der Waals surface area contributed by atoms with Gasteiger partial charge in [0, 0.05) is 15.8 Å². The molecule has 2 aromatic heterocycles. The first-order valence-corrected chi connectivity index (χ1v) is 11.9. The van der Waals surface area contributed by atoms with Crippen molar-refractivity contribution in [2.24, 2.45) is 11.7 Å². The van der Waals surface area contributed by atoms with E-state index in [0.29, 0.717) is 22.0 Å². The molecule has 2 heterocycles. The number of carbonyl (C=O) groups excluding carboxylic acids is 2. The topological polar surface area (TPSA) is 85.1 Å². The first-order chi connectivity index (χ1) is 15.9. The van der Waals surface area contributed by atoms with E-state index in [1.807, 2.05) is 55.5 Å². The SMILES string of the molecule is Cc1cccc(-c2cc(C(=O)Nc3sc4c(c3C(N)=O)CCC(C)C4)c3ccccc3n2)c1. The van der Waals surface area contributed by atoms with Gasteiger partial charge in [0.05, 0.1) is 22.3 Å². The minimum atomic E-state index is -0.489. The van der Waals surface area contributed by atoms with Crippen molar-refractivity contribution in [2.75, 3.05) is 5.32 Å². The fourth-order valence-corrected chi connectivity index (χ4v) is 6.00.